The lowest BCUT2D eigenvalue weighted by Gasteiger charge is -2.27. The van der Waals surface area contributed by atoms with E-state index in [-0.39, 0.29) is 40.9 Å². The van der Waals surface area contributed by atoms with Gasteiger partial charge < -0.3 is 55.5 Å². The molecule has 1 amide bonds. The minimum absolute atomic E-state index is 0.0177. The highest BCUT2D eigenvalue weighted by molar-refractivity contribution is 8.00. The van der Waals surface area contributed by atoms with Crippen LogP contribution in [0.3, 0.4) is 0 Å². The number of aliphatic hydroxyl groups excluding tert-OH is 1. The van der Waals surface area contributed by atoms with E-state index in [1.165, 1.54) is 23.2 Å². The van der Waals surface area contributed by atoms with E-state index in [4.69, 9.17) is 39.5 Å². The van der Waals surface area contributed by atoms with Crippen LogP contribution in [0.25, 0.3) is 11.2 Å². The van der Waals surface area contributed by atoms with Crippen LogP contribution in [-0.4, -0.2) is 127 Å². The predicted octanol–water partition coefficient (Wildman–Crippen LogP) is 0.886. The number of ether oxygens (including phenoxy) is 4. The molecule has 10 atom stereocenters. The quantitative estimate of drug-likeness (QED) is 0.0775. The van der Waals surface area contributed by atoms with Crippen LogP contribution in [-0.2, 0) is 46.4 Å². The third-order valence-electron chi connectivity index (χ3n) is 9.42. The van der Waals surface area contributed by atoms with Crippen molar-refractivity contribution < 1.29 is 71.0 Å². The molecule has 1 unspecified atom stereocenters. The summed E-state index contributed by atoms with van der Waals surface area (Å²) in [6.07, 6.45) is -5.28. The maximum atomic E-state index is 13.9. The highest BCUT2D eigenvalue weighted by atomic mass is 32.2. The van der Waals surface area contributed by atoms with Crippen LogP contribution in [0.5, 0.6) is 0 Å². The Kier molecular flexibility index (Phi) is 14.2. The van der Waals surface area contributed by atoms with Gasteiger partial charge in [0.15, 0.2) is 23.8 Å². The molecule has 3 aliphatic heterocycles. The van der Waals surface area contributed by atoms with Gasteiger partial charge in [0.25, 0.3) is 0 Å². The number of nitrogens with two attached hydrogens (primary N) is 2. The summed E-state index contributed by atoms with van der Waals surface area (Å²) < 4.78 is 65.6. The molecule has 0 bridgehead atoms. The van der Waals surface area contributed by atoms with Gasteiger partial charge in [-0.2, -0.15) is 16.7 Å². The van der Waals surface area contributed by atoms with Gasteiger partial charge in [-0.05, 0) is 58.3 Å². The zero-order valence-electron chi connectivity index (χ0n) is 32.5. The first-order valence-electron chi connectivity index (χ1n) is 18.6. The number of fused-ring (bicyclic) bond motifs is 1. The summed E-state index contributed by atoms with van der Waals surface area (Å²) in [4.78, 5) is 84.8. The van der Waals surface area contributed by atoms with Crippen molar-refractivity contribution in [2.75, 3.05) is 30.4 Å². The number of hydrogen-bond donors (Lipinski definition) is 7. The van der Waals surface area contributed by atoms with Gasteiger partial charge in [0.2, 0.25) is 0 Å². The summed E-state index contributed by atoms with van der Waals surface area (Å²) in [7, 11) is -10.3. The fourth-order valence-corrected chi connectivity index (χ4v) is 9.35. The number of hydrogen-bond acceptors (Lipinski definition) is 20. The highest BCUT2D eigenvalue weighted by Gasteiger charge is 2.50. The monoisotopic (exact) mass is 907 g/mol. The second-order valence-corrected chi connectivity index (χ2v) is 19.1. The Bertz CT molecular complexity index is 2160. The smallest absolute Gasteiger partial charge is 0.455 e. The van der Waals surface area contributed by atoms with E-state index in [0.717, 1.165) is 29.5 Å². The maximum absolute atomic E-state index is 13.9. The van der Waals surface area contributed by atoms with Gasteiger partial charge in [-0.3, -0.25) is 22.7 Å². The van der Waals surface area contributed by atoms with Crippen molar-refractivity contribution in [1.82, 2.24) is 34.4 Å². The van der Waals surface area contributed by atoms with Crippen molar-refractivity contribution in [1.29, 1.82) is 0 Å². The number of rotatable bonds is 16. The molecule has 3 aromatic rings. The Hall–Kier alpha value is -3.78. The molecule has 60 heavy (non-hydrogen) atoms. The number of amides is 1. The van der Waals surface area contributed by atoms with Gasteiger partial charge in [0, 0.05) is 17.9 Å². The molecule has 25 nitrogen and oxygen atoms in total. The molecule has 3 aromatic heterocycles. The van der Waals surface area contributed by atoms with E-state index in [1.807, 2.05) is 0 Å². The van der Waals surface area contributed by atoms with Crippen molar-refractivity contribution in [3.63, 3.8) is 0 Å². The molecule has 28 heteroatoms. The van der Waals surface area contributed by atoms with Gasteiger partial charge in [-0.15, -0.1) is 0 Å². The Morgan fingerprint density at radius 2 is 1.83 bits per heavy atom. The summed E-state index contributed by atoms with van der Waals surface area (Å²) in [5, 5.41) is 14.5. The lowest BCUT2D eigenvalue weighted by molar-refractivity contribution is -0.159. The molecule has 3 aliphatic rings. The van der Waals surface area contributed by atoms with Crippen LogP contribution in [0.15, 0.2) is 29.7 Å². The molecule has 0 saturated carbocycles. The third-order valence-corrected chi connectivity index (χ3v) is 12.4. The van der Waals surface area contributed by atoms with Crippen molar-refractivity contribution in [2.45, 2.75) is 113 Å². The molecular formula is C32H47N9O16P2S. The average molecular weight is 908 g/mol. The van der Waals surface area contributed by atoms with Crippen LogP contribution in [0.1, 0.15) is 65.3 Å². The molecule has 3 fully saturated rings. The Morgan fingerprint density at radius 1 is 1.08 bits per heavy atom. The van der Waals surface area contributed by atoms with Crippen molar-refractivity contribution >= 4 is 62.3 Å². The number of anilines is 2. The molecule has 6 heterocycles. The number of nitrogen functional groups attached to an aromatic ring is 2. The molecule has 0 aliphatic carbocycles. The average Bonchev–Trinajstić information content (AvgIpc) is 3.95. The standard InChI is InChI=1S/C32H47N9O16P2S/c1-32(2,3)56-31(45)38-17(7-6-16-5-4-10-60-16)29(43)55-25-20(54-28(24(25)42)41-15-37-23-26(34)35-14-36-27(23)41)13-52-59(49,50)57-18-11-22(40-9-8-21(33)39-30(40)44)53-19(18)12-51-58(46,47)48/h8-9,14-20,22,24-25,28,42H,4-7,10-13H2,1-3H3,(H,38,45)(H,49,50)(H2,33,39,44)(H2,34,35,36)(H2,46,47,48)/t16-,17+,18+,19-,20-,22-,24-,25-,28-/m1/s1. The topological polar surface area (TPSA) is 356 Å². The number of alkyl carbamates (subject to hydrolysis) is 1. The molecule has 6 rings (SSSR count). The third kappa shape index (κ3) is 11.8. The lowest BCUT2D eigenvalue weighted by Crippen LogP contribution is -2.48. The van der Waals surface area contributed by atoms with Crippen LogP contribution in [0.2, 0.25) is 0 Å². The van der Waals surface area contributed by atoms with E-state index in [1.54, 1.807) is 32.5 Å². The largest absolute Gasteiger partial charge is 0.472 e. The van der Waals surface area contributed by atoms with Crippen LogP contribution in [0, 0.1) is 0 Å². The number of aromatic nitrogens is 6. The van der Waals surface area contributed by atoms with E-state index in [2.05, 4.69) is 29.8 Å². The second kappa shape index (κ2) is 18.7. The number of aliphatic hydroxyl groups is 1. The molecule has 0 aromatic carbocycles. The summed E-state index contributed by atoms with van der Waals surface area (Å²) in [5.74, 6) is -0.0905. The van der Waals surface area contributed by atoms with Gasteiger partial charge in [0.05, 0.1) is 19.5 Å². The number of nitrogens with zero attached hydrogens (tertiary/aromatic N) is 6. The molecule has 0 spiro atoms. The first-order chi connectivity index (χ1) is 28.2. The SMILES string of the molecule is CC(C)(C)OC(=O)N[C@@H](CC[C@H]1CCCS1)C(=O)O[C@H]1[C@@H](O)[C@H](n2cnc3c(N)ncnc32)O[C@@H]1COP(=O)(O)O[C@H]1C[C@H](n2ccc(N)nc2=O)O[C@@H]1COP(=O)(O)O. The van der Waals surface area contributed by atoms with E-state index < -0.39 is 101 Å². The Balaban J connectivity index is 1.22. The summed E-state index contributed by atoms with van der Waals surface area (Å²) in [6, 6.07) is 0.0419. The maximum Gasteiger partial charge on any atom is 0.472 e. The normalized spacial score (nSPS) is 27.4. The molecule has 3 saturated heterocycles. The van der Waals surface area contributed by atoms with Crippen molar-refractivity contribution in [3.8, 4) is 0 Å². The van der Waals surface area contributed by atoms with Crippen LogP contribution >= 0.6 is 27.4 Å². The zero-order valence-corrected chi connectivity index (χ0v) is 35.1. The van der Waals surface area contributed by atoms with Crippen LogP contribution in [0.4, 0.5) is 16.4 Å². The number of thioether (sulfide) groups is 1. The van der Waals surface area contributed by atoms with Gasteiger partial charge in [0.1, 0.15) is 59.9 Å². The first kappa shape index (κ1) is 45.7. The minimum atomic E-state index is -5.21. The van der Waals surface area contributed by atoms with Gasteiger partial charge in [-0.25, -0.2) is 38.5 Å². The van der Waals surface area contributed by atoms with Gasteiger partial charge in [-0.1, -0.05) is 0 Å². The van der Waals surface area contributed by atoms with Crippen LogP contribution < -0.4 is 22.5 Å². The minimum Gasteiger partial charge on any atom is -0.455 e. The number of carbonyl (C=O) groups excluding carboxylic acids is 2. The van der Waals surface area contributed by atoms with E-state index in [0.29, 0.717) is 6.42 Å². The van der Waals surface area contributed by atoms with Gasteiger partial charge >= 0.3 is 33.4 Å². The molecule has 9 N–H and O–H groups in total. The summed E-state index contributed by atoms with van der Waals surface area (Å²) >= 11 is 1.75. The van der Waals surface area contributed by atoms with Crippen molar-refractivity contribution in [2.24, 2.45) is 0 Å². The van der Waals surface area contributed by atoms with E-state index in [9.17, 15) is 43.3 Å². The van der Waals surface area contributed by atoms with Crippen molar-refractivity contribution in [3.05, 3.63) is 35.4 Å². The number of phosphoric ester groups is 2. The van der Waals surface area contributed by atoms with E-state index >= 15 is 0 Å². The lowest BCUT2D eigenvalue weighted by atomic mass is 10.1. The number of imidazole rings is 1. The fourth-order valence-electron chi connectivity index (χ4n) is 6.74. The highest BCUT2D eigenvalue weighted by Crippen LogP contribution is 2.50. The predicted molar refractivity (Wildman–Crippen MR) is 207 cm³/mol. The molecular weight excluding hydrogens is 860 g/mol. The fraction of sp³-hybridized carbons (Fsp3) is 0.656. The second-order valence-electron chi connectivity index (χ2n) is 15.1. The zero-order chi connectivity index (χ0) is 43.6. The first-order valence-corrected chi connectivity index (χ1v) is 22.7. The number of esters is 1. The summed E-state index contributed by atoms with van der Waals surface area (Å²) in [6.45, 7) is 3.25. The molecule has 332 valence electrons. The summed E-state index contributed by atoms with van der Waals surface area (Å²) in [5.41, 5.74) is 10.1. The number of carbonyl (C=O) groups is 2. The Morgan fingerprint density at radius 3 is 2.52 bits per heavy atom. The molecule has 0 radical (unpaired) electrons. The Labute approximate surface area is 345 Å². The number of nitrogens with one attached hydrogen (secondary N) is 1. The number of phosphoric acid groups is 2.